The number of nitrogens with zero attached hydrogens (tertiary/aromatic N) is 4. The van der Waals surface area contributed by atoms with Gasteiger partial charge in [0, 0.05) is 56.4 Å². The van der Waals surface area contributed by atoms with E-state index in [1.54, 1.807) is 18.1 Å². The maximum atomic E-state index is 14.0. The average Bonchev–Trinajstić information content (AvgIpc) is 2.92. The Balaban J connectivity index is 1.30. The van der Waals surface area contributed by atoms with Gasteiger partial charge in [0.2, 0.25) is 0 Å². The van der Waals surface area contributed by atoms with Crippen molar-refractivity contribution in [2.24, 2.45) is 0 Å². The van der Waals surface area contributed by atoms with E-state index in [0.29, 0.717) is 37.5 Å². The van der Waals surface area contributed by atoms with Crippen molar-refractivity contribution in [1.82, 2.24) is 14.8 Å². The molecule has 1 saturated heterocycles. The number of aromatic nitrogens is 1. The summed E-state index contributed by atoms with van der Waals surface area (Å²) in [5.41, 5.74) is 3.44. The summed E-state index contributed by atoms with van der Waals surface area (Å²) in [5, 5.41) is 0. The van der Waals surface area contributed by atoms with Gasteiger partial charge in [-0.1, -0.05) is 30.4 Å². The molecule has 2 aliphatic rings. The van der Waals surface area contributed by atoms with Crippen LogP contribution in [0.2, 0.25) is 0 Å². The molecular weight excluding hydrogens is 447 g/mol. The minimum atomic E-state index is -0.646. The van der Waals surface area contributed by atoms with Gasteiger partial charge in [-0.05, 0) is 35.9 Å². The molecule has 178 valence electrons. The highest BCUT2D eigenvalue weighted by Crippen LogP contribution is 2.35. The zero-order valence-electron chi connectivity index (χ0n) is 19.4. The lowest BCUT2D eigenvalue weighted by atomic mass is 10.1. The summed E-state index contributed by atoms with van der Waals surface area (Å²) in [7, 11) is 1.55. The molecule has 0 spiro atoms. The Labute approximate surface area is 203 Å². The zero-order valence-corrected chi connectivity index (χ0v) is 19.4. The van der Waals surface area contributed by atoms with Gasteiger partial charge in [-0.2, -0.15) is 0 Å². The van der Waals surface area contributed by atoms with Crippen LogP contribution < -0.4 is 9.64 Å². The summed E-state index contributed by atoms with van der Waals surface area (Å²) in [6.45, 7) is 2.01. The van der Waals surface area contributed by atoms with Crippen LogP contribution in [0.15, 0.2) is 66.9 Å². The number of carbonyl (C=O) groups excluding carboxylic acids is 2. The Bertz CT molecular complexity index is 1300. The van der Waals surface area contributed by atoms with Gasteiger partial charge < -0.3 is 19.4 Å². The van der Waals surface area contributed by atoms with Crippen molar-refractivity contribution in [1.29, 1.82) is 0 Å². The number of carbonyl (C=O) groups is 2. The van der Waals surface area contributed by atoms with Crippen molar-refractivity contribution in [3.8, 4) is 5.75 Å². The first-order valence-corrected chi connectivity index (χ1v) is 11.5. The maximum absolute atomic E-state index is 14.0. The van der Waals surface area contributed by atoms with Crippen molar-refractivity contribution < 1.29 is 18.7 Å². The van der Waals surface area contributed by atoms with Gasteiger partial charge in [0.15, 0.2) is 11.5 Å². The number of pyridine rings is 1. The van der Waals surface area contributed by atoms with Crippen LogP contribution in [0.3, 0.4) is 0 Å². The number of piperazine rings is 1. The topological polar surface area (TPSA) is 66.0 Å². The first kappa shape index (κ1) is 22.6. The molecule has 0 radical (unpaired) electrons. The Hall–Kier alpha value is -4.20. The quantitative estimate of drug-likeness (QED) is 0.575. The summed E-state index contributed by atoms with van der Waals surface area (Å²) < 4.78 is 19.6. The summed E-state index contributed by atoms with van der Waals surface area (Å²) in [4.78, 5) is 35.2. The Morgan fingerprint density at radius 2 is 1.69 bits per heavy atom. The number of rotatable bonds is 4. The number of benzene rings is 2. The molecule has 7 nitrogen and oxygen atoms in total. The third-order valence-electron chi connectivity index (χ3n) is 6.36. The monoisotopic (exact) mass is 472 g/mol. The molecule has 2 aromatic carbocycles. The molecule has 3 heterocycles. The SMILES string of the molecule is COc1cc(N2CC=Cc3ccccc32)ccc1C(=O)N1CCN(C(=O)c2ncccc2F)CC1. The molecule has 0 unspecified atom stereocenters. The van der Waals surface area contributed by atoms with Crippen molar-refractivity contribution >= 4 is 29.3 Å². The largest absolute Gasteiger partial charge is 0.496 e. The predicted octanol–water partition coefficient (Wildman–Crippen LogP) is 3.99. The lowest BCUT2D eigenvalue weighted by Gasteiger charge is -2.35. The number of hydrogen-bond donors (Lipinski definition) is 0. The second-order valence-corrected chi connectivity index (χ2v) is 8.37. The molecule has 5 rings (SSSR count). The molecule has 0 saturated carbocycles. The van der Waals surface area contributed by atoms with Gasteiger partial charge in [0.05, 0.1) is 12.7 Å². The minimum Gasteiger partial charge on any atom is -0.496 e. The van der Waals surface area contributed by atoms with Crippen LogP contribution in [-0.4, -0.2) is 66.4 Å². The van der Waals surface area contributed by atoms with Gasteiger partial charge in [-0.15, -0.1) is 0 Å². The molecule has 8 heteroatoms. The summed E-state index contributed by atoms with van der Waals surface area (Å²) >= 11 is 0. The van der Waals surface area contributed by atoms with E-state index in [0.717, 1.165) is 23.5 Å². The Morgan fingerprint density at radius 1 is 0.943 bits per heavy atom. The molecule has 2 amide bonds. The van der Waals surface area contributed by atoms with E-state index in [-0.39, 0.29) is 11.6 Å². The molecule has 3 aromatic rings. The Kier molecular flexibility index (Phi) is 6.18. The highest BCUT2D eigenvalue weighted by molar-refractivity contribution is 5.98. The van der Waals surface area contributed by atoms with Crippen LogP contribution in [0.1, 0.15) is 26.4 Å². The van der Waals surface area contributed by atoms with Crippen molar-refractivity contribution in [3.63, 3.8) is 0 Å². The van der Waals surface area contributed by atoms with Crippen LogP contribution in [0, 0.1) is 5.82 Å². The Morgan fingerprint density at radius 3 is 2.43 bits per heavy atom. The van der Waals surface area contributed by atoms with E-state index in [1.165, 1.54) is 23.2 Å². The second-order valence-electron chi connectivity index (χ2n) is 8.37. The van der Waals surface area contributed by atoms with E-state index < -0.39 is 11.7 Å². The molecule has 0 atom stereocenters. The van der Waals surface area contributed by atoms with E-state index >= 15 is 0 Å². The summed E-state index contributed by atoms with van der Waals surface area (Å²) in [6.07, 6.45) is 5.60. The smallest absolute Gasteiger partial charge is 0.275 e. The maximum Gasteiger partial charge on any atom is 0.275 e. The molecule has 2 aliphatic heterocycles. The minimum absolute atomic E-state index is 0.163. The fourth-order valence-corrected chi connectivity index (χ4v) is 4.50. The molecule has 0 N–H and O–H groups in total. The molecule has 0 bridgehead atoms. The number of anilines is 2. The standard InChI is InChI=1S/C27H25FN4O3/c1-35-24-18-20(32-13-5-7-19-6-2-3-9-23(19)32)10-11-21(24)26(33)30-14-16-31(17-15-30)27(34)25-22(28)8-4-12-29-25/h2-12,18H,13-17H2,1H3. The number of halogens is 1. The number of ether oxygens (including phenoxy) is 1. The van der Waals surface area contributed by atoms with Gasteiger partial charge in [0.25, 0.3) is 11.8 Å². The van der Waals surface area contributed by atoms with E-state index in [4.69, 9.17) is 4.74 Å². The lowest BCUT2D eigenvalue weighted by Crippen LogP contribution is -2.51. The second kappa shape index (κ2) is 9.58. The van der Waals surface area contributed by atoms with E-state index in [1.807, 2.05) is 24.3 Å². The van der Waals surface area contributed by atoms with Crippen LogP contribution in [0.5, 0.6) is 5.75 Å². The van der Waals surface area contributed by atoms with Gasteiger partial charge in [-0.3, -0.25) is 9.59 Å². The fraction of sp³-hybridized carbons (Fsp3) is 0.222. The van der Waals surface area contributed by atoms with Crippen LogP contribution in [-0.2, 0) is 0 Å². The normalized spacial score (nSPS) is 15.1. The number of fused-ring (bicyclic) bond motifs is 1. The van der Waals surface area contributed by atoms with Crippen LogP contribution in [0.4, 0.5) is 15.8 Å². The predicted molar refractivity (Wildman–Crippen MR) is 131 cm³/mol. The first-order valence-electron chi connectivity index (χ1n) is 11.5. The third-order valence-corrected chi connectivity index (χ3v) is 6.36. The van der Waals surface area contributed by atoms with E-state index in [9.17, 15) is 14.0 Å². The molecule has 0 aliphatic carbocycles. The van der Waals surface area contributed by atoms with E-state index in [2.05, 4.69) is 34.2 Å². The van der Waals surface area contributed by atoms with Gasteiger partial charge >= 0.3 is 0 Å². The van der Waals surface area contributed by atoms with Crippen LogP contribution >= 0.6 is 0 Å². The number of methoxy groups -OCH3 is 1. The van der Waals surface area contributed by atoms with Gasteiger partial charge in [-0.25, -0.2) is 9.37 Å². The third kappa shape index (κ3) is 4.35. The highest BCUT2D eigenvalue weighted by atomic mass is 19.1. The number of hydrogen-bond acceptors (Lipinski definition) is 5. The lowest BCUT2D eigenvalue weighted by molar-refractivity contribution is 0.0527. The first-order chi connectivity index (χ1) is 17.1. The zero-order chi connectivity index (χ0) is 24.4. The highest BCUT2D eigenvalue weighted by Gasteiger charge is 2.29. The molecule has 1 fully saturated rings. The molecule has 1 aromatic heterocycles. The number of para-hydroxylation sites is 1. The molecule has 35 heavy (non-hydrogen) atoms. The number of amides is 2. The van der Waals surface area contributed by atoms with Crippen molar-refractivity contribution in [2.45, 2.75) is 0 Å². The van der Waals surface area contributed by atoms with Gasteiger partial charge in [0.1, 0.15) is 5.75 Å². The van der Waals surface area contributed by atoms with Crippen LogP contribution in [0.25, 0.3) is 6.08 Å². The van der Waals surface area contributed by atoms with Crippen molar-refractivity contribution in [3.05, 3.63) is 89.5 Å². The fourth-order valence-electron chi connectivity index (χ4n) is 4.50. The average molecular weight is 473 g/mol. The summed E-state index contributed by atoms with van der Waals surface area (Å²) in [6, 6.07) is 16.4. The summed E-state index contributed by atoms with van der Waals surface area (Å²) in [5.74, 6) is -0.780. The van der Waals surface area contributed by atoms with Crippen molar-refractivity contribution in [2.75, 3.05) is 44.7 Å². The molecular formula is C27H25FN4O3.